The summed E-state index contributed by atoms with van der Waals surface area (Å²) in [6, 6.07) is 9.71. The molecule has 1 aliphatic heterocycles. The van der Waals surface area contributed by atoms with E-state index >= 15 is 0 Å². The minimum Gasteiger partial charge on any atom is -0.352 e. The summed E-state index contributed by atoms with van der Waals surface area (Å²) in [5, 5.41) is 7.92. The van der Waals surface area contributed by atoms with Crippen LogP contribution in [0.2, 0.25) is 0 Å². The van der Waals surface area contributed by atoms with Gasteiger partial charge in [0.1, 0.15) is 0 Å². The van der Waals surface area contributed by atoms with Crippen molar-refractivity contribution in [2.24, 2.45) is 0 Å². The summed E-state index contributed by atoms with van der Waals surface area (Å²) >= 11 is 0. The minimum atomic E-state index is -0.105. The van der Waals surface area contributed by atoms with Crippen LogP contribution in [0.15, 0.2) is 30.3 Å². The number of hydrogen-bond acceptors (Lipinski definition) is 4. The molecule has 1 aromatic carbocycles. The molecule has 6 nitrogen and oxygen atoms in total. The molecule has 0 saturated carbocycles. The van der Waals surface area contributed by atoms with Crippen molar-refractivity contribution >= 4 is 11.8 Å². The average molecular weight is 290 g/mol. The van der Waals surface area contributed by atoms with Crippen LogP contribution in [0.25, 0.3) is 0 Å². The van der Waals surface area contributed by atoms with Crippen LogP contribution in [0.4, 0.5) is 0 Å². The van der Waals surface area contributed by atoms with Crippen molar-refractivity contribution in [1.29, 1.82) is 0 Å². The van der Waals surface area contributed by atoms with Crippen molar-refractivity contribution in [2.45, 2.75) is 19.4 Å². The van der Waals surface area contributed by atoms with Crippen LogP contribution >= 0.6 is 0 Å². The molecule has 1 saturated heterocycles. The summed E-state index contributed by atoms with van der Waals surface area (Å²) in [7, 11) is 0. The highest BCUT2D eigenvalue weighted by molar-refractivity contribution is 5.83. The van der Waals surface area contributed by atoms with Gasteiger partial charge in [0.25, 0.3) is 0 Å². The molecular formula is C15H22N4O2. The maximum absolute atomic E-state index is 11.7. The summed E-state index contributed by atoms with van der Waals surface area (Å²) in [5.74, 6) is -0.207. The maximum atomic E-state index is 11.7. The number of carbonyl (C=O) groups excluding carboxylic acids is 2. The molecule has 3 N–H and O–H groups in total. The second kappa shape index (κ2) is 8.39. The molecule has 0 aromatic heterocycles. The molecule has 0 bridgehead atoms. The van der Waals surface area contributed by atoms with E-state index in [1.165, 1.54) is 0 Å². The highest BCUT2D eigenvalue weighted by atomic mass is 16.2. The van der Waals surface area contributed by atoms with Crippen LogP contribution in [-0.2, 0) is 16.1 Å². The predicted molar refractivity (Wildman–Crippen MR) is 80.1 cm³/mol. The Morgan fingerprint density at radius 3 is 2.43 bits per heavy atom. The first-order valence-electron chi connectivity index (χ1n) is 7.30. The fraction of sp³-hybridized carbons (Fsp3) is 0.467. The number of rotatable bonds is 6. The smallest absolute Gasteiger partial charge is 0.234 e. The summed E-state index contributed by atoms with van der Waals surface area (Å²) in [4.78, 5) is 23.4. The van der Waals surface area contributed by atoms with Gasteiger partial charge in [-0.3, -0.25) is 15.0 Å². The van der Waals surface area contributed by atoms with E-state index in [9.17, 15) is 9.59 Å². The number of benzene rings is 1. The summed E-state index contributed by atoms with van der Waals surface area (Å²) < 4.78 is 0. The molecule has 2 rings (SSSR count). The van der Waals surface area contributed by atoms with Crippen LogP contribution in [-0.4, -0.2) is 43.0 Å². The summed E-state index contributed by atoms with van der Waals surface area (Å²) in [6.45, 7) is 3.84. The van der Waals surface area contributed by atoms with E-state index in [0.29, 0.717) is 6.54 Å². The zero-order valence-electron chi connectivity index (χ0n) is 12.1. The fourth-order valence-electron chi connectivity index (χ4n) is 2.12. The van der Waals surface area contributed by atoms with E-state index in [-0.39, 0.29) is 24.7 Å². The normalized spacial score (nSPS) is 15.4. The Bertz CT molecular complexity index is 458. The Labute approximate surface area is 124 Å². The molecule has 0 aliphatic carbocycles. The Kier molecular flexibility index (Phi) is 6.18. The lowest BCUT2D eigenvalue weighted by Gasteiger charge is -2.27. The van der Waals surface area contributed by atoms with Gasteiger partial charge in [0.05, 0.1) is 0 Å². The van der Waals surface area contributed by atoms with Gasteiger partial charge in [-0.25, -0.2) is 5.01 Å². The van der Waals surface area contributed by atoms with E-state index in [1.54, 1.807) is 0 Å². The summed E-state index contributed by atoms with van der Waals surface area (Å²) in [6.07, 6.45) is 0.426. The van der Waals surface area contributed by atoms with E-state index < -0.39 is 0 Å². The average Bonchev–Trinajstić information content (AvgIpc) is 2.53. The van der Waals surface area contributed by atoms with E-state index in [2.05, 4.69) is 16.1 Å². The maximum Gasteiger partial charge on any atom is 0.234 e. The monoisotopic (exact) mass is 290 g/mol. The first kappa shape index (κ1) is 15.5. The van der Waals surface area contributed by atoms with E-state index in [1.807, 2.05) is 35.3 Å². The molecule has 1 aliphatic rings. The Hall–Kier alpha value is -1.92. The Morgan fingerprint density at radius 1 is 1.05 bits per heavy atom. The third kappa shape index (κ3) is 5.93. The lowest BCUT2D eigenvalue weighted by molar-refractivity contribution is -0.129. The van der Waals surface area contributed by atoms with Gasteiger partial charge in [0.15, 0.2) is 0 Å². The van der Waals surface area contributed by atoms with Crippen molar-refractivity contribution in [3.8, 4) is 0 Å². The first-order chi connectivity index (χ1) is 10.2. The van der Waals surface area contributed by atoms with Gasteiger partial charge in [0.2, 0.25) is 11.8 Å². The van der Waals surface area contributed by atoms with Gasteiger partial charge in [-0.1, -0.05) is 30.3 Å². The van der Waals surface area contributed by atoms with Crippen LogP contribution in [0.1, 0.15) is 18.4 Å². The fourth-order valence-corrected chi connectivity index (χ4v) is 2.12. The van der Waals surface area contributed by atoms with Crippen LogP contribution in [0.5, 0.6) is 0 Å². The van der Waals surface area contributed by atoms with Crippen molar-refractivity contribution in [1.82, 2.24) is 21.1 Å². The molecule has 0 atom stereocenters. The number of hydrogen-bond donors (Lipinski definition) is 3. The first-order valence-corrected chi connectivity index (χ1v) is 7.30. The van der Waals surface area contributed by atoms with Crippen LogP contribution in [0, 0.1) is 0 Å². The van der Waals surface area contributed by atoms with Crippen LogP contribution < -0.4 is 16.1 Å². The molecule has 0 unspecified atom stereocenters. The zero-order chi connectivity index (χ0) is 14.9. The molecule has 6 heteroatoms. The van der Waals surface area contributed by atoms with Crippen LogP contribution in [0.3, 0.4) is 0 Å². The van der Waals surface area contributed by atoms with Crippen molar-refractivity contribution in [2.75, 3.05) is 26.2 Å². The topological polar surface area (TPSA) is 73.5 Å². The van der Waals surface area contributed by atoms with Gasteiger partial charge < -0.3 is 10.6 Å². The molecule has 114 valence electrons. The summed E-state index contributed by atoms with van der Waals surface area (Å²) in [5.41, 5.74) is 3.87. The third-order valence-corrected chi connectivity index (χ3v) is 3.31. The van der Waals surface area contributed by atoms with Gasteiger partial charge in [-0.15, -0.1) is 0 Å². The highest BCUT2D eigenvalue weighted by Crippen LogP contribution is 1.98. The van der Waals surface area contributed by atoms with Crippen molar-refractivity contribution < 1.29 is 9.59 Å². The number of nitrogens with zero attached hydrogens (tertiary/aromatic N) is 1. The molecule has 21 heavy (non-hydrogen) atoms. The number of piperazine rings is 1. The standard InChI is InChI=1S/C15H22N4O2/c20-14(17-12-13-4-2-1-3-5-13)6-7-15(21)18-19-10-8-16-9-11-19/h1-5,16H,6-12H2,(H,17,20)(H,18,21). The second-order valence-corrected chi connectivity index (χ2v) is 5.03. The lowest BCUT2D eigenvalue weighted by atomic mass is 10.2. The molecule has 1 aromatic rings. The molecule has 0 spiro atoms. The van der Waals surface area contributed by atoms with Crippen molar-refractivity contribution in [3.05, 3.63) is 35.9 Å². The quantitative estimate of drug-likeness (QED) is 0.690. The van der Waals surface area contributed by atoms with Gasteiger partial charge in [-0.2, -0.15) is 0 Å². The minimum absolute atomic E-state index is 0.102. The van der Waals surface area contributed by atoms with Gasteiger partial charge >= 0.3 is 0 Å². The number of carbonyl (C=O) groups is 2. The van der Waals surface area contributed by atoms with E-state index in [0.717, 1.165) is 31.7 Å². The van der Waals surface area contributed by atoms with Gasteiger partial charge in [0, 0.05) is 45.6 Å². The number of hydrazine groups is 1. The van der Waals surface area contributed by atoms with Gasteiger partial charge in [-0.05, 0) is 5.56 Å². The highest BCUT2D eigenvalue weighted by Gasteiger charge is 2.13. The number of nitrogens with one attached hydrogen (secondary N) is 3. The predicted octanol–water partition coefficient (Wildman–Crippen LogP) is 0.0194. The number of amides is 2. The molecule has 0 radical (unpaired) electrons. The second-order valence-electron chi connectivity index (χ2n) is 5.03. The molecular weight excluding hydrogens is 268 g/mol. The molecule has 2 amide bonds. The largest absolute Gasteiger partial charge is 0.352 e. The SMILES string of the molecule is O=C(CCC(=O)NN1CCNCC1)NCc1ccccc1. The molecule has 1 fully saturated rings. The lowest BCUT2D eigenvalue weighted by Crippen LogP contribution is -2.52. The third-order valence-electron chi connectivity index (χ3n) is 3.31. The molecule has 1 heterocycles. The Morgan fingerprint density at radius 2 is 1.71 bits per heavy atom. The van der Waals surface area contributed by atoms with E-state index in [4.69, 9.17) is 0 Å². The Balaban J connectivity index is 1.60. The van der Waals surface area contributed by atoms with Crippen molar-refractivity contribution in [3.63, 3.8) is 0 Å². The zero-order valence-corrected chi connectivity index (χ0v) is 12.1.